The quantitative estimate of drug-likeness (QED) is 0.836. The fourth-order valence-corrected chi connectivity index (χ4v) is 2.00. The number of carbonyl (C=O) groups is 1. The van der Waals surface area contributed by atoms with E-state index in [1.807, 2.05) is 13.0 Å². The van der Waals surface area contributed by atoms with E-state index in [1.54, 1.807) is 19.1 Å². The summed E-state index contributed by atoms with van der Waals surface area (Å²) in [6.07, 6.45) is 0. The van der Waals surface area contributed by atoms with Crippen LogP contribution in [0.3, 0.4) is 0 Å². The van der Waals surface area contributed by atoms with Crippen LogP contribution in [-0.4, -0.2) is 11.1 Å². The van der Waals surface area contributed by atoms with Crippen molar-refractivity contribution in [2.75, 3.05) is 11.1 Å². The van der Waals surface area contributed by atoms with Gasteiger partial charge in [-0.25, -0.2) is 0 Å². The Morgan fingerprint density at radius 2 is 2.11 bits per heavy atom. The minimum Gasteiger partial charge on any atom is -0.398 e. The number of halogens is 1. The van der Waals surface area contributed by atoms with E-state index in [1.165, 1.54) is 0 Å². The molecule has 0 saturated heterocycles. The molecular weight excluding hydrogens is 298 g/mol. The number of nitrogens with zero attached hydrogens (tertiary/aromatic N) is 1. The molecule has 1 aromatic heterocycles. The first-order valence-corrected chi connectivity index (χ1v) is 6.07. The van der Waals surface area contributed by atoms with E-state index in [4.69, 9.17) is 10.3 Å². The lowest BCUT2D eigenvalue weighted by atomic mass is 10.2. The zero-order valence-corrected chi connectivity index (χ0v) is 11.5. The number of aryl methyl sites for hydroxylation is 2. The maximum Gasteiger partial charge on any atom is 0.294 e. The number of carbonyl (C=O) groups excluding carboxylic acids is 1. The van der Waals surface area contributed by atoms with Gasteiger partial charge in [0.2, 0.25) is 5.76 Å². The fraction of sp³-hybridized carbons (Fsp3) is 0.167. The highest BCUT2D eigenvalue weighted by Crippen LogP contribution is 2.28. The lowest BCUT2D eigenvalue weighted by molar-refractivity contribution is 0.0988. The van der Waals surface area contributed by atoms with Crippen LogP contribution in [0.4, 0.5) is 11.4 Å². The Kier molecular flexibility index (Phi) is 3.38. The summed E-state index contributed by atoms with van der Waals surface area (Å²) in [5.41, 5.74) is 8.60. The van der Waals surface area contributed by atoms with Crippen molar-refractivity contribution in [1.82, 2.24) is 5.16 Å². The molecule has 0 aliphatic heterocycles. The molecule has 94 valence electrons. The molecule has 5 nitrogen and oxygen atoms in total. The number of nitrogens with two attached hydrogens (primary N) is 1. The number of nitrogens with one attached hydrogen (secondary N) is 1. The van der Waals surface area contributed by atoms with Gasteiger partial charge in [-0.15, -0.1) is 0 Å². The second-order valence-electron chi connectivity index (χ2n) is 3.98. The van der Waals surface area contributed by atoms with Crippen LogP contribution in [0.1, 0.15) is 21.8 Å². The van der Waals surface area contributed by atoms with E-state index >= 15 is 0 Å². The maximum atomic E-state index is 11.9. The van der Waals surface area contributed by atoms with Crippen LogP contribution in [0.5, 0.6) is 0 Å². The molecule has 0 aliphatic rings. The molecule has 6 heteroatoms. The van der Waals surface area contributed by atoms with Gasteiger partial charge < -0.3 is 15.6 Å². The van der Waals surface area contributed by atoms with Crippen LogP contribution >= 0.6 is 15.9 Å². The van der Waals surface area contributed by atoms with E-state index in [2.05, 4.69) is 26.4 Å². The summed E-state index contributed by atoms with van der Waals surface area (Å²) < 4.78 is 5.65. The molecule has 18 heavy (non-hydrogen) atoms. The Bertz CT molecular complexity index is 607. The number of hydrogen-bond acceptors (Lipinski definition) is 4. The third kappa shape index (κ3) is 2.53. The molecule has 1 amide bonds. The normalized spacial score (nSPS) is 10.4. The topological polar surface area (TPSA) is 81.2 Å². The van der Waals surface area contributed by atoms with Crippen LogP contribution in [0.2, 0.25) is 0 Å². The van der Waals surface area contributed by atoms with Gasteiger partial charge in [0.15, 0.2) is 0 Å². The minimum atomic E-state index is -0.362. The number of anilines is 2. The van der Waals surface area contributed by atoms with Gasteiger partial charge in [-0.1, -0.05) is 5.16 Å². The average molecular weight is 310 g/mol. The first-order chi connectivity index (χ1) is 8.47. The summed E-state index contributed by atoms with van der Waals surface area (Å²) in [6, 6.07) is 5.11. The predicted molar refractivity (Wildman–Crippen MR) is 72.5 cm³/mol. The number of hydrogen-bond donors (Lipinski definition) is 2. The van der Waals surface area contributed by atoms with Crippen molar-refractivity contribution in [3.63, 3.8) is 0 Å². The summed E-state index contributed by atoms with van der Waals surface area (Å²) in [5, 5.41) is 6.37. The second kappa shape index (κ2) is 4.81. The van der Waals surface area contributed by atoms with Gasteiger partial charge in [-0.2, -0.15) is 0 Å². The zero-order valence-electron chi connectivity index (χ0n) is 9.95. The van der Waals surface area contributed by atoms with Gasteiger partial charge in [0.05, 0.1) is 11.4 Å². The Morgan fingerprint density at radius 1 is 1.39 bits per heavy atom. The van der Waals surface area contributed by atoms with E-state index in [0.29, 0.717) is 17.1 Å². The van der Waals surface area contributed by atoms with E-state index < -0.39 is 0 Å². The zero-order chi connectivity index (χ0) is 13.3. The van der Waals surface area contributed by atoms with Crippen LogP contribution in [0.25, 0.3) is 0 Å². The number of nitrogen functional groups attached to an aromatic ring is 1. The summed E-state index contributed by atoms with van der Waals surface area (Å²) >= 11 is 3.37. The summed E-state index contributed by atoms with van der Waals surface area (Å²) in [5.74, 6) is -0.196. The molecule has 0 radical (unpaired) electrons. The van der Waals surface area contributed by atoms with Crippen molar-refractivity contribution >= 4 is 33.2 Å². The maximum absolute atomic E-state index is 11.9. The van der Waals surface area contributed by atoms with E-state index in [0.717, 1.165) is 10.0 Å². The Morgan fingerprint density at radius 3 is 2.72 bits per heavy atom. The number of benzene rings is 1. The molecule has 0 aliphatic carbocycles. The number of aromatic nitrogens is 1. The molecule has 2 rings (SSSR count). The lowest BCUT2D eigenvalue weighted by Crippen LogP contribution is -2.11. The molecule has 0 unspecified atom stereocenters. The van der Waals surface area contributed by atoms with Crippen molar-refractivity contribution in [2.24, 2.45) is 0 Å². The number of amides is 1. The lowest BCUT2D eigenvalue weighted by Gasteiger charge is -2.08. The molecule has 0 bridgehead atoms. The summed E-state index contributed by atoms with van der Waals surface area (Å²) in [4.78, 5) is 11.9. The number of rotatable bonds is 2. The Balaban J connectivity index is 2.24. The smallest absolute Gasteiger partial charge is 0.294 e. The van der Waals surface area contributed by atoms with Crippen LogP contribution in [0.15, 0.2) is 27.2 Å². The van der Waals surface area contributed by atoms with Gasteiger partial charge in [0, 0.05) is 16.2 Å². The molecule has 0 spiro atoms. The summed E-state index contributed by atoms with van der Waals surface area (Å²) in [7, 11) is 0. The van der Waals surface area contributed by atoms with E-state index in [-0.39, 0.29) is 11.7 Å². The predicted octanol–water partition coefficient (Wildman–Crippen LogP) is 2.89. The molecule has 1 aromatic carbocycles. The van der Waals surface area contributed by atoms with E-state index in [9.17, 15) is 4.79 Å². The van der Waals surface area contributed by atoms with Crippen molar-refractivity contribution in [3.05, 3.63) is 39.7 Å². The molecule has 0 atom stereocenters. The van der Waals surface area contributed by atoms with Gasteiger partial charge in [0.1, 0.15) is 0 Å². The Hall–Kier alpha value is -1.82. The SMILES string of the molecule is Cc1cc(C(=O)Nc2cc(N)c(C)cc2Br)on1. The standard InChI is InChI=1S/C12H12BrN3O2/c1-6-3-8(13)10(5-9(6)14)15-12(17)11-4-7(2)16-18-11/h3-5H,14H2,1-2H3,(H,15,17). The summed E-state index contributed by atoms with van der Waals surface area (Å²) in [6.45, 7) is 3.64. The van der Waals surface area contributed by atoms with Crippen LogP contribution < -0.4 is 11.1 Å². The second-order valence-corrected chi connectivity index (χ2v) is 4.83. The molecule has 0 saturated carbocycles. The molecule has 1 heterocycles. The third-order valence-electron chi connectivity index (χ3n) is 2.46. The fourth-order valence-electron chi connectivity index (χ4n) is 1.44. The van der Waals surface area contributed by atoms with Crippen LogP contribution in [0, 0.1) is 13.8 Å². The van der Waals surface area contributed by atoms with Crippen molar-refractivity contribution in [1.29, 1.82) is 0 Å². The highest BCUT2D eigenvalue weighted by molar-refractivity contribution is 9.10. The molecular formula is C12H12BrN3O2. The van der Waals surface area contributed by atoms with Crippen molar-refractivity contribution in [2.45, 2.75) is 13.8 Å². The molecule has 3 N–H and O–H groups in total. The van der Waals surface area contributed by atoms with Gasteiger partial charge in [-0.05, 0) is 47.5 Å². The first kappa shape index (κ1) is 12.6. The molecule has 2 aromatic rings. The van der Waals surface area contributed by atoms with Gasteiger partial charge in [-0.3, -0.25) is 4.79 Å². The van der Waals surface area contributed by atoms with Gasteiger partial charge in [0.25, 0.3) is 5.91 Å². The highest BCUT2D eigenvalue weighted by Gasteiger charge is 2.13. The largest absolute Gasteiger partial charge is 0.398 e. The third-order valence-corrected chi connectivity index (χ3v) is 3.11. The minimum absolute atomic E-state index is 0.165. The Labute approximate surface area is 112 Å². The molecule has 0 fully saturated rings. The van der Waals surface area contributed by atoms with Gasteiger partial charge >= 0.3 is 0 Å². The van der Waals surface area contributed by atoms with Crippen LogP contribution in [-0.2, 0) is 0 Å². The highest BCUT2D eigenvalue weighted by atomic mass is 79.9. The van der Waals surface area contributed by atoms with Crippen molar-refractivity contribution in [3.8, 4) is 0 Å². The first-order valence-electron chi connectivity index (χ1n) is 5.27. The van der Waals surface area contributed by atoms with Crippen molar-refractivity contribution < 1.29 is 9.32 Å². The average Bonchev–Trinajstić information content (AvgIpc) is 2.73. The monoisotopic (exact) mass is 309 g/mol.